The van der Waals surface area contributed by atoms with Crippen molar-refractivity contribution in [3.63, 3.8) is 0 Å². The Balaban J connectivity index is 1.53. The number of imide groups is 1. The maximum absolute atomic E-state index is 13.6. The largest absolute Gasteiger partial charge is 0.372 e. The van der Waals surface area contributed by atoms with Crippen molar-refractivity contribution >= 4 is 28.8 Å². The molecule has 3 heterocycles. The number of hydrogen-bond donors (Lipinski definition) is 0. The first-order valence-corrected chi connectivity index (χ1v) is 11.4. The second-order valence-corrected chi connectivity index (χ2v) is 8.87. The van der Waals surface area contributed by atoms with Gasteiger partial charge in [-0.25, -0.2) is 4.90 Å². The molecule has 0 saturated carbocycles. The van der Waals surface area contributed by atoms with Crippen molar-refractivity contribution in [2.75, 3.05) is 36.0 Å². The van der Waals surface area contributed by atoms with Crippen LogP contribution in [0.3, 0.4) is 0 Å². The number of nitrogens with zero attached hydrogens (tertiary/aromatic N) is 3. The maximum atomic E-state index is 13.6. The monoisotopic (exact) mass is 415 g/mol. The summed E-state index contributed by atoms with van der Waals surface area (Å²) in [7, 11) is 0. The summed E-state index contributed by atoms with van der Waals surface area (Å²) in [6.07, 6.45) is 4.53. The van der Waals surface area contributed by atoms with E-state index < -0.39 is 0 Å². The second kappa shape index (κ2) is 7.88. The van der Waals surface area contributed by atoms with Crippen LogP contribution in [0.25, 0.3) is 5.57 Å². The Labute approximate surface area is 183 Å². The minimum atomic E-state index is -0.218. The Kier molecular flexibility index (Phi) is 5.05. The highest BCUT2D eigenvalue weighted by molar-refractivity contribution is 6.45. The van der Waals surface area contributed by atoms with E-state index in [0.29, 0.717) is 17.0 Å². The van der Waals surface area contributed by atoms with Gasteiger partial charge in [-0.2, -0.15) is 0 Å². The molecular formula is C26H29N3O2. The van der Waals surface area contributed by atoms with Crippen LogP contribution < -0.4 is 9.80 Å². The first-order valence-electron chi connectivity index (χ1n) is 11.4. The molecule has 5 heteroatoms. The summed E-state index contributed by atoms with van der Waals surface area (Å²) in [4.78, 5) is 33.0. The average molecular weight is 416 g/mol. The molecule has 2 amide bonds. The molecule has 5 rings (SSSR count). The zero-order valence-electron chi connectivity index (χ0n) is 18.4. The van der Waals surface area contributed by atoms with Gasteiger partial charge in [0, 0.05) is 31.9 Å². The fourth-order valence-corrected chi connectivity index (χ4v) is 4.93. The number of aryl methyl sites for hydroxylation is 2. The Morgan fingerprint density at radius 1 is 0.645 bits per heavy atom. The zero-order valence-corrected chi connectivity index (χ0v) is 18.4. The van der Waals surface area contributed by atoms with Crippen LogP contribution in [0.4, 0.5) is 11.4 Å². The van der Waals surface area contributed by atoms with E-state index in [2.05, 4.69) is 16.7 Å². The fourth-order valence-electron chi connectivity index (χ4n) is 4.93. The Morgan fingerprint density at radius 3 is 1.84 bits per heavy atom. The van der Waals surface area contributed by atoms with E-state index in [1.165, 1.54) is 23.3 Å². The Morgan fingerprint density at radius 2 is 1.23 bits per heavy atom. The van der Waals surface area contributed by atoms with Gasteiger partial charge < -0.3 is 9.80 Å². The molecular weight excluding hydrogens is 386 g/mol. The lowest BCUT2D eigenvalue weighted by molar-refractivity contribution is -0.120. The lowest BCUT2D eigenvalue weighted by atomic mass is 9.99. The summed E-state index contributed by atoms with van der Waals surface area (Å²) in [5.74, 6) is -0.418. The summed E-state index contributed by atoms with van der Waals surface area (Å²) >= 11 is 0. The Bertz CT molecular complexity index is 1060. The van der Waals surface area contributed by atoms with Crippen molar-refractivity contribution in [3.8, 4) is 0 Å². The molecule has 2 aromatic carbocycles. The van der Waals surface area contributed by atoms with Crippen molar-refractivity contribution < 1.29 is 9.59 Å². The summed E-state index contributed by atoms with van der Waals surface area (Å²) in [6, 6.07) is 13.9. The van der Waals surface area contributed by atoms with Crippen LogP contribution in [0.1, 0.15) is 42.4 Å². The molecule has 0 unspecified atom stereocenters. The van der Waals surface area contributed by atoms with Crippen LogP contribution in [0, 0.1) is 13.8 Å². The number of rotatable bonds is 4. The van der Waals surface area contributed by atoms with E-state index in [1.54, 1.807) is 0 Å². The molecule has 0 spiro atoms. The van der Waals surface area contributed by atoms with E-state index in [-0.39, 0.29) is 11.8 Å². The number of amides is 2. The van der Waals surface area contributed by atoms with E-state index in [0.717, 1.165) is 55.8 Å². The molecule has 0 aliphatic carbocycles. The molecule has 0 bridgehead atoms. The summed E-state index contributed by atoms with van der Waals surface area (Å²) in [6.45, 7) is 7.89. The van der Waals surface area contributed by atoms with Gasteiger partial charge in [0.1, 0.15) is 5.70 Å². The van der Waals surface area contributed by atoms with E-state index in [4.69, 9.17) is 0 Å². The topological polar surface area (TPSA) is 43.9 Å². The quantitative estimate of drug-likeness (QED) is 0.699. The first kappa shape index (κ1) is 19.9. The third kappa shape index (κ3) is 3.42. The van der Waals surface area contributed by atoms with Crippen LogP contribution in [0.5, 0.6) is 0 Å². The molecule has 0 N–H and O–H groups in total. The van der Waals surface area contributed by atoms with Crippen molar-refractivity contribution in [3.05, 3.63) is 64.9 Å². The van der Waals surface area contributed by atoms with Crippen molar-refractivity contribution in [2.45, 2.75) is 39.5 Å². The van der Waals surface area contributed by atoms with E-state index in [1.807, 2.05) is 49.4 Å². The zero-order chi connectivity index (χ0) is 21.5. The van der Waals surface area contributed by atoms with E-state index in [9.17, 15) is 9.59 Å². The van der Waals surface area contributed by atoms with Crippen LogP contribution in [-0.4, -0.2) is 42.9 Å². The van der Waals surface area contributed by atoms with Gasteiger partial charge in [0.2, 0.25) is 0 Å². The van der Waals surface area contributed by atoms with Gasteiger partial charge in [0.25, 0.3) is 11.8 Å². The normalized spacial score (nSPS) is 19.4. The minimum absolute atomic E-state index is 0.200. The molecule has 5 nitrogen and oxygen atoms in total. The second-order valence-electron chi connectivity index (χ2n) is 8.87. The number of carbonyl (C=O) groups excluding carboxylic acids is 2. The molecule has 31 heavy (non-hydrogen) atoms. The van der Waals surface area contributed by atoms with Gasteiger partial charge in [0.15, 0.2) is 0 Å². The van der Waals surface area contributed by atoms with Crippen molar-refractivity contribution in [1.82, 2.24) is 4.90 Å². The lowest BCUT2D eigenvalue weighted by Gasteiger charge is -2.21. The lowest BCUT2D eigenvalue weighted by Crippen LogP contribution is -2.34. The molecule has 2 fully saturated rings. The summed E-state index contributed by atoms with van der Waals surface area (Å²) < 4.78 is 0. The van der Waals surface area contributed by atoms with Gasteiger partial charge in [-0.1, -0.05) is 18.2 Å². The number of anilines is 2. The highest BCUT2D eigenvalue weighted by Crippen LogP contribution is 2.37. The summed E-state index contributed by atoms with van der Waals surface area (Å²) in [5.41, 5.74) is 6.04. The number of carbonyl (C=O) groups is 2. The molecule has 2 saturated heterocycles. The highest BCUT2D eigenvalue weighted by Gasteiger charge is 2.43. The third-order valence-electron chi connectivity index (χ3n) is 6.86. The standard InChI is InChI=1S/C26H29N3O2/c1-18-7-8-20(17-19(18)2)23-24(28-15-5-6-16-28)26(31)29(25(23)30)22-11-9-21(10-12-22)27-13-3-4-14-27/h7-12,17H,3-6,13-16H2,1-2H3. The van der Waals surface area contributed by atoms with Crippen molar-refractivity contribution in [1.29, 1.82) is 0 Å². The average Bonchev–Trinajstić information content (AvgIpc) is 3.52. The third-order valence-corrected chi connectivity index (χ3v) is 6.86. The van der Waals surface area contributed by atoms with Gasteiger partial charge in [-0.05, 0) is 80.5 Å². The Hall–Kier alpha value is -3.08. The number of benzene rings is 2. The predicted molar refractivity (Wildman–Crippen MR) is 124 cm³/mol. The van der Waals surface area contributed by atoms with Gasteiger partial charge in [-0.15, -0.1) is 0 Å². The molecule has 0 atom stereocenters. The molecule has 0 radical (unpaired) electrons. The smallest absolute Gasteiger partial charge is 0.282 e. The molecule has 160 valence electrons. The van der Waals surface area contributed by atoms with Crippen LogP contribution in [-0.2, 0) is 9.59 Å². The molecule has 3 aliphatic rings. The molecule has 2 aromatic rings. The fraction of sp³-hybridized carbons (Fsp3) is 0.385. The SMILES string of the molecule is Cc1ccc(C2=C(N3CCCC3)C(=O)N(c3ccc(N4CCCC4)cc3)C2=O)cc1C. The molecule has 0 aromatic heterocycles. The number of likely N-dealkylation sites (tertiary alicyclic amines) is 1. The van der Waals surface area contributed by atoms with Crippen LogP contribution in [0.15, 0.2) is 48.2 Å². The predicted octanol–water partition coefficient (Wildman–Crippen LogP) is 4.28. The highest BCUT2D eigenvalue weighted by atomic mass is 16.2. The summed E-state index contributed by atoms with van der Waals surface area (Å²) in [5, 5.41) is 0. The maximum Gasteiger partial charge on any atom is 0.282 e. The van der Waals surface area contributed by atoms with Crippen LogP contribution in [0.2, 0.25) is 0 Å². The molecule has 3 aliphatic heterocycles. The van der Waals surface area contributed by atoms with E-state index >= 15 is 0 Å². The van der Waals surface area contributed by atoms with Gasteiger partial charge in [-0.3, -0.25) is 9.59 Å². The minimum Gasteiger partial charge on any atom is -0.372 e. The first-order chi connectivity index (χ1) is 15.0. The number of hydrogen-bond acceptors (Lipinski definition) is 4. The van der Waals surface area contributed by atoms with Gasteiger partial charge >= 0.3 is 0 Å². The van der Waals surface area contributed by atoms with Crippen molar-refractivity contribution in [2.24, 2.45) is 0 Å². The van der Waals surface area contributed by atoms with Gasteiger partial charge in [0.05, 0.1) is 11.3 Å². The van der Waals surface area contributed by atoms with Crippen LogP contribution >= 0.6 is 0 Å².